The van der Waals surface area contributed by atoms with Crippen LogP contribution >= 0.6 is 22.6 Å². The summed E-state index contributed by atoms with van der Waals surface area (Å²) >= 11 is 2.25. The van der Waals surface area contributed by atoms with Gasteiger partial charge in [-0.25, -0.2) is 4.79 Å². The van der Waals surface area contributed by atoms with Gasteiger partial charge < -0.3 is 9.47 Å². The van der Waals surface area contributed by atoms with Crippen molar-refractivity contribution in [2.24, 2.45) is 0 Å². The lowest BCUT2D eigenvalue weighted by atomic mass is 10.2. The fourth-order valence-corrected chi connectivity index (χ4v) is 2.40. The van der Waals surface area contributed by atoms with Crippen LogP contribution in [0.1, 0.15) is 26.3 Å². The second-order valence-electron chi connectivity index (χ2n) is 6.07. The molecule has 0 bridgehead atoms. The highest BCUT2D eigenvalue weighted by Gasteiger charge is 2.16. The highest BCUT2D eigenvalue weighted by Crippen LogP contribution is 2.18. The fraction of sp³-hybridized carbons (Fsp3) is 0.278. The summed E-state index contributed by atoms with van der Waals surface area (Å²) < 4.78 is 12.1. The molecule has 0 radical (unpaired) electrons. The smallest absolute Gasteiger partial charge is 0.412 e. The number of amides is 1. The molecule has 1 N–H and O–H groups in total. The Morgan fingerprint density at radius 1 is 1.13 bits per heavy atom. The van der Waals surface area contributed by atoms with Gasteiger partial charge in [0.1, 0.15) is 18.0 Å². The Labute approximate surface area is 150 Å². The molecule has 2 aromatic carbocycles. The van der Waals surface area contributed by atoms with Crippen LogP contribution in [-0.4, -0.2) is 11.7 Å². The molecule has 0 aromatic heterocycles. The van der Waals surface area contributed by atoms with Crippen LogP contribution in [0.25, 0.3) is 0 Å². The summed E-state index contributed by atoms with van der Waals surface area (Å²) in [6.45, 7) is 5.93. The normalized spacial score (nSPS) is 11.0. The van der Waals surface area contributed by atoms with E-state index in [0.717, 1.165) is 14.9 Å². The molecule has 0 saturated carbocycles. The van der Waals surface area contributed by atoms with E-state index in [2.05, 4.69) is 27.9 Å². The minimum absolute atomic E-state index is 0.434. The number of ether oxygens (including phenoxy) is 2. The molecule has 0 aliphatic rings. The topological polar surface area (TPSA) is 47.6 Å². The molecule has 0 heterocycles. The van der Waals surface area contributed by atoms with Gasteiger partial charge >= 0.3 is 6.09 Å². The number of anilines is 1. The SMILES string of the molecule is CC(C)(C)OC(=O)Nc1cccc(COc2cccc(I)c2)c1. The number of benzene rings is 2. The van der Waals surface area contributed by atoms with Gasteiger partial charge in [0.05, 0.1) is 0 Å². The van der Waals surface area contributed by atoms with E-state index < -0.39 is 11.7 Å². The first kappa shape index (κ1) is 17.6. The lowest BCUT2D eigenvalue weighted by Gasteiger charge is -2.19. The van der Waals surface area contributed by atoms with Crippen molar-refractivity contribution in [3.05, 3.63) is 57.7 Å². The minimum Gasteiger partial charge on any atom is -0.489 e. The average molecular weight is 425 g/mol. The molecule has 0 unspecified atom stereocenters. The second kappa shape index (κ2) is 7.68. The number of hydrogen-bond acceptors (Lipinski definition) is 3. The van der Waals surface area contributed by atoms with Gasteiger partial charge in [-0.05, 0) is 79.3 Å². The number of nitrogens with one attached hydrogen (secondary N) is 1. The van der Waals surface area contributed by atoms with Crippen molar-refractivity contribution < 1.29 is 14.3 Å². The van der Waals surface area contributed by atoms with Crippen LogP contribution in [0.15, 0.2) is 48.5 Å². The van der Waals surface area contributed by atoms with Crippen molar-refractivity contribution in [1.82, 2.24) is 0 Å². The molecule has 0 spiro atoms. The van der Waals surface area contributed by atoms with Gasteiger partial charge in [0, 0.05) is 9.26 Å². The molecule has 0 atom stereocenters. The number of rotatable bonds is 4. The van der Waals surface area contributed by atoms with Crippen LogP contribution in [0.2, 0.25) is 0 Å². The van der Waals surface area contributed by atoms with E-state index in [1.807, 2.05) is 69.3 Å². The first-order valence-electron chi connectivity index (χ1n) is 7.29. The predicted molar refractivity (Wildman–Crippen MR) is 99.8 cm³/mol. The van der Waals surface area contributed by atoms with E-state index in [-0.39, 0.29) is 0 Å². The molecular formula is C18H20INO3. The Kier molecular flexibility index (Phi) is 5.87. The van der Waals surface area contributed by atoms with Gasteiger partial charge in [-0.3, -0.25) is 5.32 Å². The summed E-state index contributed by atoms with van der Waals surface area (Å²) in [6, 6.07) is 15.4. The van der Waals surface area contributed by atoms with E-state index in [1.165, 1.54) is 0 Å². The van der Waals surface area contributed by atoms with E-state index in [4.69, 9.17) is 9.47 Å². The van der Waals surface area contributed by atoms with Crippen molar-refractivity contribution in [3.8, 4) is 5.75 Å². The molecule has 2 rings (SSSR count). The maximum atomic E-state index is 11.8. The standard InChI is InChI=1S/C18H20INO3/c1-18(2,3)23-17(21)20-15-8-4-6-13(10-15)12-22-16-9-5-7-14(19)11-16/h4-11H,12H2,1-3H3,(H,20,21). The van der Waals surface area contributed by atoms with Gasteiger partial charge in [0.2, 0.25) is 0 Å². The van der Waals surface area contributed by atoms with Gasteiger partial charge in [-0.15, -0.1) is 0 Å². The summed E-state index contributed by atoms with van der Waals surface area (Å²) in [4.78, 5) is 11.8. The predicted octanol–water partition coefficient (Wildman–Crippen LogP) is 5.22. The Morgan fingerprint density at radius 3 is 2.57 bits per heavy atom. The summed E-state index contributed by atoms with van der Waals surface area (Å²) in [5.41, 5.74) is 1.13. The third kappa shape index (κ3) is 6.48. The Balaban J connectivity index is 1.95. The van der Waals surface area contributed by atoms with Crippen molar-refractivity contribution in [2.75, 3.05) is 5.32 Å². The zero-order valence-electron chi connectivity index (χ0n) is 13.4. The highest BCUT2D eigenvalue weighted by atomic mass is 127. The number of hydrogen-bond donors (Lipinski definition) is 1. The molecule has 0 fully saturated rings. The fourth-order valence-electron chi connectivity index (χ4n) is 1.88. The van der Waals surface area contributed by atoms with Crippen molar-refractivity contribution >= 4 is 34.4 Å². The number of carbonyl (C=O) groups is 1. The zero-order valence-corrected chi connectivity index (χ0v) is 15.6. The van der Waals surface area contributed by atoms with Crippen LogP contribution < -0.4 is 10.1 Å². The largest absolute Gasteiger partial charge is 0.489 e. The van der Waals surface area contributed by atoms with Crippen LogP contribution in [0, 0.1) is 3.57 Å². The van der Waals surface area contributed by atoms with E-state index in [9.17, 15) is 4.79 Å². The van der Waals surface area contributed by atoms with Gasteiger partial charge in [0.15, 0.2) is 0 Å². The molecule has 2 aromatic rings. The van der Waals surface area contributed by atoms with Crippen LogP contribution in [0.5, 0.6) is 5.75 Å². The maximum Gasteiger partial charge on any atom is 0.412 e. The Hall–Kier alpha value is -1.76. The summed E-state index contributed by atoms with van der Waals surface area (Å²) in [5.74, 6) is 0.822. The number of carbonyl (C=O) groups excluding carboxylic acids is 1. The average Bonchev–Trinajstić information content (AvgIpc) is 2.43. The molecule has 23 heavy (non-hydrogen) atoms. The molecule has 5 heteroatoms. The molecule has 0 aliphatic heterocycles. The molecule has 1 amide bonds. The van der Waals surface area contributed by atoms with E-state index in [0.29, 0.717) is 12.3 Å². The highest BCUT2D eigenvalue weighted by molar-refractivity contribution is 14.1. The Morgan fingerprint density at radius 2 is 1.87 bits per heavy atom. The number of halogens is 1. The minimum atomic E-state index is -0.519. The van der Waals surface area contributed by atoms with Gasteiger partial charge in [-0.1, -0.05) is 18.2 Å². The molecular weight excluding hydrogens is 405 g/mol. The lowest BCUT2D eigenvalue weighted by molar-refractivity contribution is 0.0636. The zero-order chi connectivity index (χ0) is 16.9. The molecule has 0 aliphatic carbocycles. The van der Waals surface area contributed by atoms with Crippen LogP contribution in [0.4, 0.5) is 10.5 Å². The quantitative estimate of drug-likeness (QED) is 0.684. The van der Waals surface area contributed by atoms with E-state index >= 15 is 0 Å². The molecule has 122 valence electrons. The third-order valence-electron chi connectivity index (χ3n) is 2.77. The third-order valence-corrected chi connectivity index (χ3v) is 3.44. The van der Waals surface area contributed by atoms with Crippen molar-refractivity contribution in [1.29, 1.82) is 0 Å². The Bertz CT molecular complexity index is 680. The van der Waals surface area contributed by atoms with Crippen LogP contribution in [-0.2, 0) is 11.3 Å². The monoisotopic (exact) mass is 425 g/mol. The van der Waals surface area contributed by atoms with E-state index in [1.54, 1.807) is 0 Å². The first-order valence-corrected chi connectivity index (χ1v) is 8.37. The van der Waals surface area contributed by atoms with Gasteiger partial charge in [0.25, 0.3) is 0 Å². The lowest BCUT2D eigenvalue weighted by Crippen LogP contribution is -2.27. The molecule has 4 nitrogen and oxygen atoms in total. The summed E-state index contributed by atoms with van der Waals surface area (Å²) in [5, 5.41) is 2.73. The first-order chi connectivity index (χ1) is 10.8. The maximum absolute atomic E-state index is 11.8. The van der Waals surface area contributed by atoms with Crippen LogP contribution in [0.3, 0.4) is 0 Å². The summed E-state index contributed by atoms with van der Waals surface area (Å²) in [6.07, 6.45) is -0.465. The summed E-state index contributed by atoms with van der Waals surface area (Å²) in [7, 11) is 0. The van der Waals surface area contributed by atoms with Gasteiger partial charge in [-0.2, -0.15) is 0 Å². The second-order valence-corrected chi connectivity index (χ2v) is 7.32. The van der Waals surface area contributed by atoms with Crippen molar-refractivity contribution in [3.63, 3.8) is 0 Å². The molecule has 0 saturated heterocycles. The van der Waals surface area contributed by atoms with Crippen molar-refractivity contribution in [2.45, 2.75) is 33.0 Å².